The van der Waals surface area contributed by atoms with Crippen LogP contribution in [0.4, 0.5) is 8.78 Å². The maximum atomic E-state index is 14.0. The van der Waals surface area contributed by atoms with Crippen molar-refractivity contribution in [1.82, 2.24) is 4.90 Å². The molecule has 21 heavy (non-hydrogen) atoms. The van der Waals surface area contributed by atoms with Gasteiger partial charge in [-0.05, 0) is 67.8 Å². The van der Waals surface area contributed by atoms with Crippen molar-refractivity contribution in [2.24, 2.45) is 0 Å². The molecule has 0 radical (unpaired) electrons. The van der Waals surface area contributed by atoms with Gasteiger partial charge in [-0.1, -0.05) is 6.42 Å². The number of benzene rings is 1. The molecule has 1 aliphatic heterocycles. The molecule has 0 amide bonds. The Morgan fingerprint density at radius 3 is 2.48 bits per heavy atom. The van der Waals surface area contributed by atoms with Crippen LogP contribution in [-0.4, -0.2) is 34.7 Å². The maximum Gasteiger partial charge on any atom is 0.143 e. The highest BCUT2D eigenvalue weighted by atomic mass is 79.9. The minimum atomic E-state index is -0.825. The highest BCUT2D eigenvalue weighted by Gasteiger charge is 2.36. The number of rotatable bonds is 4. The van der Waals surface area contributed by atoms with Gasteiger partial charge in [-0.25, -0.2) is 8.78 Å². The zero-order chi connectivity index (χ0) is 15.6. The van der Waals surface area contributed by atoms with E-state index in [4.69, 9.17) is 0 Å². The van der Waals surface area contributed by atoms with Crippen molar-refractivity contribution >= 4 is 15.9 Å². The minimum absolute atomic E-state index is 0.0272. The fourth-order valence-electron chi connectivity index (χ4n) is 2.88. The first kappa shape index (κ1) is 16.8. The second kappa shape index (κ2) is 6.71. The summed E-state index contributed by atoms with van der Waals surface area (Å²) in [4.78, 5) is 2.22. The molecule has 118 valence electrons. The van der Waals surface area contributed by atoms with Crippen LogP contribution in [0.15, 0.2) is 16.6 Å². The third-order valence-electron chi connectivity index (χ3n) is 4.52. The first-order chi connectivity index (χ1) is 9.84. The molecular weight excluding hydrogens is 340 g/mol. The van der Waals surface area contributed by atoms with Crippen LogP contribution < -0.4 is 0 Å². The molecule has 0 aromatic heterocycles. The lowest BCUT2D eigenvalue weighted by molar-refractivity contribution is -0.0194. The molecule has 1 saturated heterocycles. The Balaban J connectivity index is 2.17. The average Bonchev–Trinajstić information content (AvgIpc) is 2.48. The molecule has 0 saturated carbocycles. The van der Waals surface area contributed by atoms with Crippen LogP contribution in [0.5, 0.6) is 0 Å². The van der Waals surface area contributed by atoms with Gasteiger partial charge >= 0.3 is 0 Å². The lowest BCUT2D eigenvalue weighted by Crippen LogP contribution is -2.55. The van der Waals surface area contributed by atoms with E-state index in [0.717, 1.165) is 25.9 Å². The smallest absolute Gasteiger partial charge is 0.143 e. The van der Waals surface area contributed by atoms with E-state index in [0.29, 0.717) is 0 Å². The highest BCUT2D eigenvalue weighted by Crippen LogP contribution is 2.29. The molecule has 0 bridgehead atoms. The third-order valence-corrected chi connectivity index (χ3v) is 5.14. The fraction of sp³-hybridized carbons (Fsp3) is 0.625. The largest absolute Gasteiger partial charge is 0.391 e. The van der Waals surface area contributed by atoms with Crippen LogP contribution >= 0.6 is 15.9 Å². The molecule has 1 aromatic carbocycles. The van der Waals surface area contributed by atoms with Crippen molar-refractivity contribution in [2.75, 3.05) is 13.1 Å². The molecule has 1 heterocycles. The van der Waals surface area contributed by atoms with Gasteiger partial charge in [0.25, 0.3) is 0 Å². The lowest BCUT2D eigenvalue weighted by Gasteiger charge is -2.44. The molecule has 0 aliphatic carbocycles. The van der Waals surface area contributed by atoms with E-state index < -0.39 is 23.3 Å². The molecular formula is C16H22BrF2NO. The molecule has 1 atom stereocenters. The van der Waals surface area contributed by atoms with Crippen molar-refractivity contribution in [3.8, 4) is 0 Å². The summed E-state index contributed by atoms with van der Waals surface area (Å²) >= 11 is 3.06. The van der Waals surface area contributed by atoms with Crippen molar-refractivity contribution in [1.29, 1.82) is 0 Å². The number of aliphatic hydroxyl groups excluding tert-OH is 1. The van der Waals surface area contributed by atoms with Crippen molar-refractivity contribution in [3.05, 3.63) is 33.8 Å². The zero-order valence-electron chi connectivity index (χ0n) is 12.5. The monoisotopic (exact) mass is 361 g/mol. The van der Waals surface area contributed by atoms with Gasteiger partial charge in [-0.2, -0.15) is 0 Å². The summed E-state index contributed by atoms with van der Waals surface area (Å²) in [5, 5.41) is 10.5. The van der Waals surface area contributed by atoms with E-state index in [1.807, 2.05) is 13.8 Å². The summed E-state index contributed by atoms with van der Waals surface area (Å²) in [7, 11) is 0. The van der Waals surface area contributed by atoms with Gasteiger partial charge in [0.05, 0.1) is 10.6 Å². The van der Waals surface area contributed by atoms with Crippen LogP contribution in [0.1, 0.15) is 38.7 Å². The number of hydrogen-bond acceptors (Lipinski definition) is 2. The van der Waals surface area contributed by atoms with Crippen molar-refractivity contribution in [3.63, 3.8) is 0 Å². The summed E-state index contributed by atoms with van der Waals surface area (Å²) in [5.41, 5.74) is -0.552. The number of nitrogens with zero attached hydrogens (tertiary/aromatic N) is 1. The molecule has 1 N–H and O–H groups in total. The van der Waals surface area contributed by atoms with Gasteiger partial charge in [0.15, 0.2) is 0 Å². The van der Waals surface area contributed by atoms with Gasteiger partial charge in [0, 0.05) is 17.5 Å². The summed E-state index contributed by atoms with van der Waals surface area (Å²) in [5.74, 6) is -1.23. The van der Waals surface area contributed by atoms with Gasteiger partial charge in [-0.3, -0.25) is 4.90 Å². The van der Waals surface area contributed by atoms with Gasteiger partial charge in [0.1, 0.15) is 11.6 Å². The number of aliphatic hydroxyl groups is 1. The second-order valence-electron chi connectivity index (χ2n) is 6.24. The first-order valence-corrected chi connectivity index (χ1v) is 8.19. The Kier molecular flexibility index (Phi) is 5.38. The number of piperidine rings is 1. The fourth-order valence-corrected chi connectivity index (χ4v) is 3.25. The van der Waals surface area contributed by atoms with Crippen LogP contribution in [0.3, 0.4) is 0 Å². The molecule has 1 aromatic rings. The Morgan fingerprint density at radius 2 is 1.86 bits per heavy atom. The minimum Gasteiger partial charge on any atom is -0.391 e. The van der Waals surface area contributed by atoms with E-state index in [9.17, 15) is 13.9 Å². The number of hydrogen-bond donors (Lipinski definition) is 1. The Morgan fingerprint density at radius 1 is 1.24 bits per heavy atom. The Labute approximate surface area is 133 Å². The predicted molar refractivity (Wildman–Crippen MR) is 83.3 cm³/mol. The molecule has 1 unspecified atom stereocenters. The molecule has 5 heteroatoms. The summed E-state index contributed by atoms with van der Waals surface area (Å²) in [6.45, 7) is 5.73. The third kappa shape index (κ3) is 3.63. The maximum absolute atomic E-state index is 14.0. The van der Waals surface area contributed by atoms with E-state index in [2.05, 4.69) is 20.8 Å². The Hall–Kier alpha value is -0.520. The van der Waals surface area contributed by atoms with Gasteiger partial charge in [-0.15, -0.1) is 0 Å². The lowest BCUT2D eigenvalue weighted by atomic mass is 9.88. The molecule has 1 aliphatic rings. The van der Waals surface area contributed by atoms with E-state index in [1.54, 1.807) is 0 Å². The number of halogens is 3. The standard InChI is InChI=1S/C16H22BrF2NO/c1-16(2,20-8-4-3-5-9-20)14(21)10-11-13(18)7-6-12(17)15(11)19/h6-7,14,21H,3-5,8-10H2,1-2H3. The quantitative estimate of drug-likeness (QED) is 0.822. The molecule has 0 spiro atoms. The average molecular weight is 362 g/mol. The second-order valence-corrected chi connectivity index (χ2v) is 7.10. The summed E-state index contributed by atoms with van der Waals surface area (Å²) < 4.78 is 28.1. The Bertz CT molecular complexity index is 501. The van der Waals surface area contributed by atoms with Crippen LogP contribution in [0.2, 0.25) is 0 Å². The molecule has 1 fully saturated rings. The molecule has 2 nitrogen and oxygen atoms in total. The topological polar surface area (TPSA) is 23.5 Å². The van der Waals surface area contributed by atoms with Crippen molar-refractivity contribution in [2.45, 2.75) is 51.2 Å². The van der Waals surface area contributed by atoms with Gasteiger partial charge in [0.2, 0.25) is 0 Å². The van der Waals surface area contributed by atoms with Crippen LogP contribution in [0, 0.1) is 11.6 Å². The van der Waals surface area contributed by atoms with Crippen molar-refractivity contribution < 1.29 is 13.9 Å². The van der Waals surface area contributed by atoms with E-state index in [-0.39, 0.29) is 16.5 Å². The number of likely N-dealkylation sites (tertiary alicyclic amines) is 1. The van der Waals surface area contributed by atoms with E-state index >= 15 is 0 Å². The summed E-state index contributed by atoms with van der Waals surface area (Å²) in [6, 6.07) is 2.57. The molecule has 2 rings (SSSR count). The summed E-state index contributed by atoms with van der Waals surface area (Å²) in [6.07, 6.45) is 2.57. The highest BCUT2D eigenvalue weighted by molar-refractivity contribution is 9.10. The van der Waals surface area contributed by atoms with Gasteiger partial charge < -0.3 is 5.11 Å². The van der Waals surface area contributed by atoms with Crippen LogP contribution in [0.25, 0.3) is 0 Å². The zero-order valence-corrected chi connectivity index (χ0v) is 14.1. The van der Waals surface area contributed by atoms with E-state index in [1.165, 1.54) is 18.6 Å². The van der Waals surface area contributed by atoms with Crippen LogP contribution in [-0.2, 0) is 6.42 Å². The predicted octanol–water partition coefficient (Wildman–Crippen LogP) is 3.90. The first-order valence-electron chi connectivity index (χ1n) is 7.39. The SMILES string of the molecule is CC(C)(C(O)Cc1c(F)ccc(Br)c1F)N1CCCCC1. The normalized spacial score (nSPS) is 18.8.